The highest BCUT2D eigenvalue weighted by Gasteiger charge is 2.32. The summed E-state index contributed by atoms with van der Waals surface area (Å²) in [4.78, 5) is 16.3. The molecule has 6 heteroatoms. The van der Waals surface area contributed by atoms with Crippen molar-refractivity contribution >= 4 is 11.7 Å². The van der Waals surface area contributed by atoms with Crippen LogP contribution >= 0.6 is 0 Å². The van der Waals surface area contributed by atoms with E-state index in [0.29, 0.717) is 6.54 Å². The molecule has 1 rings (SSSR count). The van der Waals surface area contributed by atoms with Gasteiger partial charge in [-0.25, -0.2) is 0 Å². The van der Waals surface area contributed by atoms with Gasteiger partial charge in [0.05, 0.1) is 12.2 Å². The molecule has 104 valence electrons. The molecule has 0 aliphatic rings. The van der Waals surface area contributed by atoms with Crippen molar-refractivity contribution in [2.45, 2.75) is 33.7 Å². The van der Waals surface area contributed by atoms with Gasteiger partial charge in [-0.3, -0.25) is 9.78 Å². The quantitative estimate of drug-likeness (QED) is 0.320. The zero-order chi connectivity index (χ0) is 14.5. The number of nitrogens with zero attached hydrogens (tertiary/aromatic N) is 2. The van der Waals surface area contributed by atoms with Crippen LogP contribution in [0.2, 0.25) is 0 Å². The molecule has 0 fully saturated rings. The lowest BCUT2D eigenvalue weighted by Gasteiger charge is -2.21. The average molecular weight is 264 g/mol. The Morgan fingerprint density at radius 3 is 2.84 bits per heavy atom. The molecule has 1 amide bonds. The molecule has 0 unspecified atom stereocenters. The summed E-state index contributed by atoms with van der Waals surface area (Å²) >= 11 is 0. The number of aryl methyl sites for hydroxylation is 1. The summed E-state index contributed by atoms with van der Waals surface area (Å²) in [6.45, 7) is 5.54. The van der Waals surface area contributed by atoms with Crippen molar-refractivity contribution in [3.05, 3.63) is 29.6 Å². The number of oxime groups is 1. The van der Waals surface area contributed by atoms with Crippen LogP contribution in [0, 0.1) is 5.41 Å². The number of pyridine rings is 1. The molecule has 0 saturated heterocycles. The highest BCUT2D eigenvalue weighted by atomic mass is 16.4. The molecule has 0 saturated carbocycles. The topological polar surface area (TPSA) is 101 Å². The lowest BCUT2D eigenvalue weighted by Crippen LogP contribution is -2.45. The maximum absolute atomic E-state index is 12.0. The predicted octanol–water partition coefficient (Wildman–Crippen LogP) is 1.03. The van der Waals surface area contributed by atoms with Crippen LogP contribution in [0.4, 0.5) is 0 Å². The summed E-state index contributed by atoms with van der Waals surface area (Å²) in [5, 5.41) is 14.3. The Labute approximate surface area is 112 Å². The minimum absolute atomic E-state index is 0.123. The van der Waals surface area contributed by atoms with Crippen molar-refractivity contribution in [1.29, 1.82) is 0 Å². The largest absolute Gasteiger partial charge is 0.409 e. The molecule has 6 nitrogen and oxygen atoms in total. The van der Waals surface area contributed by atoms with E-state index in [0.717, 1.165) is 17.7 Å². The minimum atomic E-state index is -1.06. The van der Waals surface area contributed by atoms with E-state index < -0.39 is 5.41 Å². The number of nitrogens with two attached hydrogens (primary N) is 1. The van der Waals surface area contributed by atoms with Gasteiger partial charge in [0, 0.05) is 6.20 Å². The summed E-state index contributed by atoms with van der Waals surface area (Å²) in [5.41, 5.74) is 6.36. The number of carbonyl (C=O) groups excluding carboxylic acids is 1. The van der Waals surface area contributed by atoms with Crippen LogP contribution in [0.1, 0.15) is 32.0 Å². The fourth-order valence-corrected chi connectivity index (χ4v) is 1.58. The molecule has 1 aromatic rings. The predicted molar refractivity (Wildman–Crippen MR) is 72.7 cm³/mol. The van der Waals surface area contributed by atoms with Gasteiger partial charge in [-0.05, 0) is 31.9 Å². The highest BCUT2D eigenvalue weighted by molar-refractivity contribution is 6.05. The summed E-state index contributed by atoms with van der Waals surface area (Å²) in [7, 11) is 0. The first-order chi connectivity index (χ1) is 8.93. The Morgan fingerprint density at radius 2 is 2.26 bits per heavy atom. The average Bonchev–Trinajstić information content (AvgIpc) is 2.43. The van der Waals surface area contributed by atoms with E-state index in [9.17, 15) is 4.79 Å². The van der Waals surface area contributed by atoms with Gasteiger partial charge in [-0.2, -0.15) is 0 Å². The maximum atomic E-state index is 12.0. The van der Waals surface area contributed by atoms with Crippen molar-refractivity contribution in [1.82, 2.24) is 10.3 Å². The van der Waals surface area contributed by atoms with Gasteiger partial charge in [0.25, 0.3) is 0 Å². The molecule has 4 N–H and O–H groups in total. The van der Waals surface area contributed by atoms with Crippen LogP contribution in [0.3, 0.4) is 0 Å². The summed E-state index contributed by atoms with van der Waals surface area (Å²) in [6, 6.07) is 3.84. The van der Waals surface area contributed by atoms with E-state index in [1.54, 1.807) is 20.0 Å². The van der Waals surface area contributed by atoms with E-state index in [4.69, 9.17) is 10.9 Å². The summed E-state index contributed by atoms with van der Waals surface area (Å²) in [6.07, 6.45) is 2.54. The van der Waals surface area contributed by atoms with E-state index in [2.05, 4.69) is 15.5 Å². The number of hydrogen-bond acceptors (Lipinski definition) is 4. The van der Waals surface area contributed by atoms with Crippen LogP contribution in [0.15, 0.2) is 23.5 Å². The molecule has 0 spiro atoms. The lowest BCUT2D eigenvalue weighted by molar-refractivity contribution is -0.126. The Bertz CT molecular complexity index is 483. The monoisotopic (exact) mass is 264 g/mol. The first-order valence-electron chi connectivity index (χ1n) is 6.12. The zero-order valence-corrected chi connectivity index (χ0v) is 11.5. The third-order valence-electron chi connectivity index (χ3n) is 3.10. The van der Waals surface area contributed by atoms with Gasteiger partial charge in [-0.1, -0.05) is 18.1 Å². The highest BCUT2D eigenvalue weighted by Crippen LogP contribution is 2.15. The summed E-state index contributed by atoms with van der Waals surface area (Å²) < 4.78 is 0. The van der Waals surface area contributed by atoms with Gasteiger partial charge in [0.15, 0.2) is 5.84 Å². The van der Waals surface area contributed by atoms with Crippen LogP contribution in [0.5, 0.6) is 0 Å². The molecular formula is C13H20N4O2. The second-order valence-corrected chi connectivity index (χ2v) is 4.76. The fraction of sp³-hybridized carbons (Fsp3) is 0.462. The Hall–Kier alpha value is -2.11. The normalized spacial score (nSPS) is 12.3. The second-order valence-electron chi connectivity index (χ2n) is 4.76. The lowest BCUT2D eigenvalue weighted by atomic mass is 9.91. The standard InChI is InChI=1S/C13H20N4O2/c1-4-9-6-5-7-15-10(9)8-16-12(18)13(2,3)11(14)17-19/h5-7,19H,4,8H2,1-3H3,(H2,14,17)(H,16,18). The Kier molecular flexibility index (Phi) is 4.86. The molecule has 1 heterocycles. The second kappa shape index (κ2) is 6.17. The van der Waals surface area contributed by atoms with E-state index in [-0.39, 0.29) is 11.7 Å². The summed E-state index contributed by atoms with van der Waals surface area (Å²) in [5.74, 6) is -0.433. The SMILES string of the molecule is CCc1cccnc1CNC(=O)C(C)(C)/C(N)=N/O. The van der Waals surface area contributed by atoms with E-state index in [1.165, 1.54) is 0 Å². The molecule has 0 aromatic carbocycles. The zero-order valence-electron chi connectivity index (χ0n) is 11.5. The van der Waals surface area contributed by atoms with Crippen molar-refractivity contribution in [3.8, 4) is 0 Å². The van der Waals surface area contributed by atoms with Gasteiger partial charge < -0.3 is 16.3 Å². The first kappa shape index (κ1) is 14.9. The third-order valence-corrected chi connectivity index (χ3v) is 3.10. The van der Waals surface area contributed by atoms with Crippen LogP contribution in [-0.4, -0.2) is 21.9 Å². The van der Waals surface area contributed by atoms with Crippen LogP contribution < -0.4 is 11.1 Å². The number of aromatic nitrogens is 1. The molecule has 0 radical (unpaired) electrons. The van der Waals surface area contributed by atoms with Gasteiger partial charge in [0.2, 0.25) is 5.91 Å². The number of amidine groups is 1. The van der Waals surface area contributed by atoms with Crippen molar-refractivity contribution in [2.24, 2.45) is 16.3 Å². The third kappa shape index (κ3) is 3.43. The smallest absolute Gasteiger partial charge is 0.233 e. The molecule has 0 bridgehead atoms. The van der Waals surface area contributed by atoms with Gasteiger partial charge in [0.1, 0.15) is 5.41 Å². The number of amides is 1. The molecule has 0 aliphatic heterocycles. The molecular weight excluding hydrogens is 244 g/mol. The van der Waals surface area contributed by atoms with Crippen LogP contribution in [-0.2, 0) is 17.8 Å². The number of nitrogens with one attached hydrogen (secondary N) is 1. The molecule has 1 aromatic heterocycles. The first-order valence-corrected chi connectivity index (χ1v) is 6.12. The van der Waals surface area contributed by atoms with Crippen molar-refractivity contribution in [3.63, 3.8) is 0 Å². The molecule has 0 aliphatic carbocycles. The number of carbonyl (C=O) groups is 1. The molecule has 19 heavy (non-hydrogen) atoms. The van der Waals surface area contributed by atoms with Crippen LogP contribution in [0.25, 0.3) is 0 Å². The van der Waals surface area contributed by atoms with Crippen molar-refractivity contribution < 1.29 is 10.0 Å². The van der Waals surface area contributed by atoms with Gasteiger partial charge >= 0.3 is 0 Å². The van der Waals surface area contributed by atoms with E-state index in [1.807, 2.05) is 19.1 Å². The van der Waals surface area contributed by atoms with E-state index >= 15 is 0 Å². The fourth-order valence-electron chi connectivity index (χ4n) is 1.58. The Balaban J connectivity index is 2.74. The molecule has 0 atom stereocenters. The number of rotatable bonds is 5. The van der Waals surface area contributed by atoms with Crippen molar-refractivity contribution in [2.75, 3.05) is 0 Å². The maximum Gasteiger partial charge on any atom is 0.233 e. The Morgan fingerprint density at radius 1 is 1.58 bits per heavy atom. The minimum Gasteiger partial charge on any atom is -0.409 e. The number of hydrogen-bond donors (Lipinski definition) is 3. The van der Waals surface area contributed by atoms with Gasteiger partial charge in [-0.15, -0.1) is 0 Å².